The molecule has 162 valence electrons. The van der Waals surface area contributed by atoms with Crippen molar-refractivity contribution in [2.75, 3.05) is 0 Å². The van der Waals surface area contributed by atoms with Gasteiger partial charge < -0.3 is 4.74 Å². The van der Waals surface area contributed by atoms with Crippen LogP contribution in [0.1, 0.15) is 21.5 Å². The zero-order valence-corrected chi connectivity index (χ0v) is 16.5. The Morgan fingerprint density at radius 3 is 2.26 bits per heavy atom. The highest BCUT2D eigenvalue weighted by Crippen LogP contribution is 2.30. The van der Waals surface area contributed by atoms with Gasteiger partial charge in [0.25, 0.3) is 15.9 Å². The summed E-state index contributed by atoms with van der Waals surface area (Å²) < 4.78 is 83.4. The number of hydrogen-bond donors (Lipinski definition) is 1. The number of benzene rings is 3. The quantitative estimate of drug-likeness (QED) is 0.557. The number of halogens is 4. The summed E-state index contributed by atoms with van der Waals surface area (Å²) in [5, 5.41) is 0. The van der Waals surface area contributed by atoms with Crippen molar-refractivity contribution in [1.29, 1.82) is 0 Å². The molecule has 0 atom stereocenters. The maximum atomic E-state index is 13.2. The van der Waals surface area contributed by atoms with E-state index in [1.807, 2.05) is 0 Å². The summed E-state index contributed by atoms with van der Waals surface area (Å²) in [6, 6.07) is 14.3. The summed E-state index contributed by atoms with van der Waals surface area (Å²) in [5.41, 5.74) is -0.606. The number of sulfonamides is 1. The SMILES string of the molecule is O=C(NS(=O)(=O)c1cccc(C(F)(F)F)c1)c1ccc(OCc2cccc(F)c2)cc1. The van der Waals surface area contributed by atoms with E-state index in [9.17, 15) is 30.8 Å². The molecule has 0 saturated carbocycles. The highest BCUT2D eigenvalue weighted by atomic mass is 32.2. The van der Waals surface area contributed by atoms with Crippen LogP contribution in [0.5, 0.6) is 5.75 Å². The van der Waals surface area contributed by atoms with Gasteiger partial charge in [-0.25, -0.2) is 17.5 Å². The molecule has 1 amide bonds. The number of hydrogen-bond acceptors (Lipinski definition) is 4. The maximum absolute atomic E-state index is 13.2. The van der Waals surface area contributed by atoms with Crippen molar-refractivity contribution >= 4 is 15.9 Å². The standard InChI is InChI=1S/C21H15F4NO4S/c22-17-5-1-3-14(11-17)13-30-18-9-7-15(8-10-18)20(27)26-31(28,29)19-6-2-4-16(12-19)21(23,24)25/h1-12H,13H2,(H,26,27). The van der Waals surface area contributed by atoms with Crippen molar-refractivity contribution in [1.82, 2.24) is 4.72 Å². The Balaban J connectivity index is 1.67. The molecule has 3 rings (SSSR count). The number of alkyl halides is 3. The van der Waals surface area contributed by atoms with E-state index in [2.05, 4.69) is 0 Å². The first kappa shape index (κ1) is 22.3. The van der Waals surface area contributed by atoms with E-state index in [1.165, 1.54) is 42.5 Å². The van der Waals surface area contributed by atoms with Gasteiger partial charge in [0, 0.05) is 5.56 Å². The van der Waals surface area contributed by atoms with E-state index >= 15 is 0 Å². The van der Waals surface area contributed by atoms with Gasteiger partial charge in [0.15, 0.2) is 0 Å². The first-order chi connectivity index (χ1) is 14.5. The zero-order chi connectivity index (χ0) is 22.6. The number of carbonyl (C=O) groups is 1. The van der Waals surface area contributed by atoms with E-state index in [-0.39, 0.29) is 12.2 Å². The molecule has 0 heterocycles. The number of amides is 1. The van der Waals surface area contributed by atoms with E-state index in [0.29, 0.717) is 17.4 Å². The number of rotatable bonds is 6. The normalized spacial score (nSPS) is 11.7. The Morgan fingerprint density at radius 1 is 0.935 bits per heavy atom. The van der Waals surface area contributed by atoms with Crippen LogP contribution in [0, 0.1) is 5.82 Å². The van der Waals surface area contributed by atoms with Crippen molar-refractivity contribution in [3.05, 3.63) is 95.3 Å². The molecule has 1 N–H and O–H groups in total. The largest absolute Gasteiger partial charge is 0.489 e. The number of nitrogens with one attached hydrogen (secondary N) is 1. The molecule has 0 unspecified atom stereocenters. The van der Waals surface area contributed by atoms with E-state index < -0.39 is 38.4 Å². The summed E-state index contributed by atoms with van der Waals surface area (Å²) in [7, 11) is -4.52. The third-order valence-corrected chi connectivity index (χ3v) is 5.44. The molecule has 0 spiro atoms. The molecule has 5 nitrogen and oxygen atoms in total. The Morgan fingerprint density at radius 2 is 1.61 bits per heavy atom. The van der Waals surface area contributed by atoms with Gasteiger partial charge in [-0.05, 0) is 60.2 Å². The predicted molar refractivity (Wildman–Crippen MR) is 103 cm³/mol. The van der Waals surface area contributed by atoms with Gasteiger partial charge in [-0.15, -0.1) is 0 Å². The molecule has 10 heteroatoms. The highest BCUT2D eigenvalue weighted by molar-refractivity contribution is 7.90. The molecule has 0 radical (unpaired) electrons. The lowest BCUT2D eigenvalue weighted by molar-refractivity contribution is -0.137. The molecule has 0 fully saturated rings. The van der Waals surface area contributed by atoms with Crippen LogP contribution < -0.4 is 9.46 Å². The fourth-order valence-electron chi connectivity index (χ4n) is 2.58. The lowest BCUT2D eigenvalue weighted by Gasteiger charge is -2.11. The molecule has 0 aliphatic rings. The van der Waals surface area contributed by atoms with Gasteiger partial charge in [-0.3, -0.25) is 4.79 Å². The first-order valence-corrected chi connectivity index (χ1v) is 10.2. The molecule has 0 saturated heterocycles. The molecule has 0 aliphatic heterocycles. The van der Waals surface area contributed by atoms with Crippen molar-refractivity contribution in [3.8, 4) is 5.75 Å². The van der Waals surface area contributed by atoms with Gasteiger partial charge >= 0.3 is 6.18 Å². The van der Waals surface area contributed by atoms with E-state index in [0.717, 1.165) is 18.2 Å². The summed E-state index contributed by atoms with van der Waals surface area (Å²) in [6.07, 6.45) is -4.73. The fraction of sp³-hybridized carbons (Fsp3) is 0.0952. The molecule has 0 aliphatic carbocycles. The molecular formula is C21H15F4NO4S. The fourth-order valence-corrected chi connectivity index (χ4v) is 3.60. The van der Waals surface area contributed by atoms with Gasteiger partial charge in [0.05, 0.1) is 10.5 Å². The van der Waals surface area contributed by atoms with Crippen molar-refractivity contribution < 1.29 is 35.5 Å². The van der Waals surface area contributed by atoms with Gasteiger partial charge in [-0.1, -0.05) is 18.2 Å². The molecule has 0 aromatic heterocycles. The summed E-state index contributed by atoms with van der Waals surface area (Å²) >= 11 is 0. The van der Waals surface area contributed by atoms with Gasteiger partial charge in [-0.2, -0.15) is 13.2 Å². The van der Waals surface area contributed by atoms with Crippen LogP contribution in [0.4, 0.5) is 17.6 Å². The monoisotopic (exact) mass is 453 g/mol. The Kier molecular flexibility index (Phi) is 6.30. The van der Waals surface area contributed by atoms with Crippen molar-refractivity contribution in [3.63, 3.8) is 0 Å². The molecular weight excluding hydrogens is 438 g/mol. The second-order valence-corrected chi connectivity index (χ2v) is 8.09. The minimum atomic E-state index is -4.73. The van der Waals surface area contributed by atoms with Crippen LogP contribution in [0.2, 0.25) is 0 Å². The summed E-state index contributed by atoms with van der Waals surface area (Å²) in [4.78, 5) is 11.6. The van der Waals surface area contributed by atoms with Crippen LogP contribution >= 0.6 is 0 Å². The average Bonchev–Trinajstić information content (AvgIpc) is 2.72. The Bertz CT molecular complexity index is 1190. The van der Waals surface area contributed by atoms with Crippen LogP contribution in [0.25, 0.3) is 0 Å². The highest BCUT2D eigenvalue weighted by Gasteiger charge is 2.32. The molecule has 3 aromatic carbocycles. The van der Waals surface area contributed by atoms with Crippen molar-refractivity contribution in [2.24, 2.45) is 0 Å². The summed E-state index contributed by atoms with van der Waals surface area (Å²) in [6.45, 7) is 0.0766. The van der Waals surface area contributed by atoms with E-state index in [4.69, 9.17) is 4.74 Å². The van der Waals surface area contributed by atoms with Crippen LogP contribution in [-0.4, -0.2) is 14.3 Å². The second-order valence-electron chi connectivity index (χ2n) is 6.40. The molecule has 31 heavy (non-hydrogen) atoms. The smallest absolute Gasteiger partial charge is 0.416 e. The van der Waals surface area contributed by atoms with Gasteiger partial charge in [0.1, 0.15) is 18.2 Å². The second kappa shape index (κ2) is 8.76. The Hall–Kier alpha value is -3.40. The number of carbonyl (C=O) groups excluding carboxylic acids is 1. The molecule has 3 aromatic rings. The van der Waals surface area contributed by atoms with Crippen LogP contribution in [0.3, 0.4) is 0 Å². The Labute approximate surface area is 175 Å². The molecule has 0 bridgehead atoms. The maximum Gasteiger partial charge on any atom is 0.416 e. The summed E-state index contributed by atoms with van der Waals surface area (Å²) in [5.74, 6) is -1.08. The lowest BCUT2D eigenvalue weighted by Crippen LogP contribution is -2.30. The average molecular weight is 453 g/mol. The minimum absolute atomic E-state index is 0.0475. The van der Waals surface area contributed by atoms with E-state index in [1.54, 1.807) is 10.8 Å². The topological polar surface area (TPSA) is 72.5 Å². The van der Waals surface area contributed by atoms with Gasteiger partial charge in [0.2, 0.25) is 0 Å². The zero-order valence-electron chi connectivity index (χ0n) is 15.7. The first-order valence-electron chi connectivity index (χ1n) is 8.76. The van der Waals surface area contributed by atoms with Crippen molar-refractivity contribution in [2.45, 2.75) is 17.7 Å². The third kappa shape index (κ3) is 5.82. The van der Waals surface area contributed by atoms with Crippen LogP contribution in [0.15, 0.2) is 77.7 Å². The predicted octanol–water partition coefficient (Wildman–Crippen LogP) is 4.54. The third-order valence-electron chi connectivity index (χ3n) is 4.11. The lowest BCUT2D eigenvalue weighted by atomic mass is 10.2. The minimum Gasteiger partial charge on any atom is -0.489 e. The van der Waals surface area contributed by atoms with Crippen LogP contribution in [-0.2, 0) is 22.8 Å². The number of ether oxygens (including phenoxy) is 1.